The Balaban J connectivity index is 2.15. The number of amides is 1. The number of benzene rings is 2. The fourth-order valence-corrected chi connectivity index (χ4v) is 2.56. The van der Waals surface area contributed by atoms with E-state index in [2.05, 4.69) is 26.5 Å². The number of hydrogen-bond acceptors (Lipinski definition) is 6. The van der Waals surface area contributed by atoms with E-state index in [1.165, 1.54) is 32.6 Å². The van der Waals surface area contributed by atoms with E-state index in [4.69, 9.17) is 14.2 Å². The Kier molecular flexibility index (Phi) is 6.24. The summed E-state index contributed by atoms with van der Waals surface area (Å²) in [5, 5.41) is 13.8. The first-order valence-electron chi connectivity index (χ1n) is 7.12. The lowest BCUT2D eigenvalue weighted by Gasteiger charge is -2.09. The molecule has 0 saturated heterocycles. The molecule has 0 aliphatic carbocycles. The van der Waals surface area contributed by atoms with Gasteiger partial charge in [-0.3, -0.25) is 4.79 Å². The van der Waals surface area contributed by atoms with Crippen molar-refractivity contribution in [1.82, 2.24) is 5.43 Å². The average Bonchev–Trinajstić information content (AvgIpc) is 2.61. The third-order valence-electron chi connectivity index (χ3n) is 3.32. The molecular formula is C17H17BrN2O5. The molecule has 132 valence electrons. The van der Waals surface area contributed by atoms with E-state index in [9.17, 15) is 9.90 Å². The lowest BCUT2D eigenvalue weighted by Crippen LogP contribution is -2.17. The number of halogens is 1. The number of aromatic hydroxyl groups is 1. The minimum atomic E-state index is -0.553. The number of carbonyl (C=O) groups excluding carboxylic acids is 1. The highest BCUT2D eigenvalue weighted by Gasteiger charge is 2.12. The van der Waals surface area contributed by atoms with Crippen molar-refractivity contribution in [3.63, 3.8) is 0 Å². The molecule has 0 aliphatic rings. The van der Waals surface area contributed by atoms with Crippen molar-refractivity contribution >= 4 is 28.1 Å². The van der Waals surface area contributed by atoms with Crippen LogP contribution in [0.2, 0.25) is 0 Å². The monoisotopic (exact) mass is 408 g/mol. The molecule has 2 rings (SSSR count). The quantitative estimate of drug-likeness (QED) is 0.566. The summed E-state index contributed by atoms with van der Waals surface area (Å²) < 4.78 is 16.2. The Morgan fingerprint density at radius 3 is 2.44 bits per heavy atom. The van der Waals surface area contributed by atoms with Crippen molar-refractivity contribution < 1.29 is 24.1 Å². The Morgan fingerprint density at radius 1 is 1.12 bits per heavy atom. The second-order valence-electron chi connectivity index (χ2n) is 4.81. The molecule has 8 heteroatoms. The van der Waals surface area contributed by atoms with E-state index >= 15 is 0 Å². The molecule has 0 bridgehead atoms. The number of nitrogens with one attached hydrogen (secondary N) is 1. The Labute approximate surface area is 153 Å². The number of phenols is 1. The normalized spacial score (nSPS) is 10.6. The first kappa shape index (κ1) is 18.6. The second-order valence-corrected chi connectivity index (χ2v) is 5.67. The summed E-state index contributed by atoms with van der Waals surface area (Å²) in [5.41, 5.74) is 3.07. The van der Waals surface area contributed by atoms with Crippen LogP contribution in [0.4, 0.5) is 0 Å². The van der Waals surface area contributed by atoms with E-state index in [0.29, 0.717) is 22.8 Å². The van der Waals surface area contributed by atoms with Crippen molar-refractivity contribution in [1.29, 1.82) is 0 Å². The maximum absolute atomic E-state index is 12.1. The standard InChI is InChI=1S/C17H17BrN2O5/c1-23-11-4-5-12(14(21)7-11)17(22)20-19-9-10-6-13(18)16(25-3)8-15(10)24-2/h4-9,21H,1-3H3,(H,20,22)/b19-9-. The van der Waals surface area contributed by atoms with Gasteiger partial charge in [0.15, 0.2) is 0 Å². The van der Waals surface area contributed by atoms with Crippen LogP contribution in [-0.4, -0.2) is 38.6 Å². The number of hydrazone groups is 1. The summed E-state index contributed by atoms with van der Waals surface area (Å²) in [6.07, 6.45) is 1.43. The van der Waals surface area contributed by atoms with Gasteiger partial charge in [-0.15, -0.1) is 0 Å². The fourth-order valence-electron chi connectivity index (χ4n) is 2.04. The maximum atomic E-state index is 12.1. The fraction of sp³-hybridized carbons (Fsp3) is 0.176. The zero-order chi connectivity index (χ0) is 18.4. The second kappa shape index (κ2) is 8.39. The summed E-state index contributed by atoms with van der Waals surface area (Å²) in [6.45, 7) is 0. The molecule has 2 N–H and O–H groups in total. The number of rotatable bonds is 6. The molecule has 0 aliphatic heterocycles. The van der Waals surface area contributed by atoms with Crippen LogP contribution >= 0.6 is 15.9 Å². The smallest absolute Gasteiger partial charge is 0.275 e. The topological polar surface area (TPSA) is 89.4 Å². The predicted octanol–water partition coefficient (Wildman–Crippen LogP) is 2.94. The molecule has 0 saturated carbocycles. The number of nitrogens with zero attached hydrogens (tertiary/aromatic N) is 1. The Hall–Kier alpha value is -2.74. The van der Waals surface area contributed by atoms with Crippen molar-refractivity contribution in [3.05, 3.63) is 45.9 Å². The number of ether oxygens (including phenoxy) is 3. The first-order chi connectivity index (χ1) is 12.0. The van der Waals surface area contributed by atoms with E-state index in [1.807, 2.05) is 0 Å². The third kappa shape index (κ3) is 4.42. The highest BCUT2D eigenvalue weighted by Crippen LogP contribution is 2.32. The number of carbonyl (C=O) groups is 1. The van der Waals surface area contributed by atoms with Gasteiger partial charge in [-0.1, -0.05) is 0 Å². The molecule has 0 aromatic heterocycles. The highest BCUT2D eigenvalue weighted by molar-refractivity contribution is 9.10. The Morgan fingerprint density at radius 2 is 1.84 bits per heavy atom. The number of methoxy groups -OCH3 is 3. The summed E-state index contributed by atoms with van der Waals surface area (Å²) in [5.74, 6) is 0.844. The zero-order valence-electron chi connectivity index (χ0n) is 13.9. The van der Waals surface area contributed by atoms with Crippen LogP contribution < -0.4 is 19.6 Å². The van der Waals surface area contributed by atoms with Gasteiger partial charge in [0.25, 0.3) is 5.91 Å². The van der Waals surface area contributed by atoms with Gasteiger partial charge in [-0.2, -0.15) is 5.10 Å². The summed E-state index contributed by atoms with van der Waals surface area (Å²) in [6, 6.07) is 7.81. The summed E-state index contributed by atoms with van der Waals surface area (Å²) >= 11 is 3.38. The molecule has 2 aromatic rings. The lowest BCUT2D eigenvalue weighted by atomic mass is 10.2. The van der Waals surface area contributed by atoms with E-state index in [0.717, 1.165) is 4.47 Å². The van der Waals surface area contributed by atoms with Crippen LogP contribution in [0.5, 0.6) is 23.0 Å². The highest BCUT2D eigenvalue weighted by atomic mass is 79.9. The van der Waals surface area contributed by atoms with Crippen molar-refractivity contribution in [3.8, 4) is 23.0 Å². The van der Waals surface area contributed by atoms with Gasteiger partial charge in [-0.05, 0) is 34.1 Å². The van der Waals surface area contributed by atoms with Crippen molar-refractivity contribution in [2.45, 2.75) is 0 Å². The molecule has 1 amide bonds. The number of phenolic OH excluding ortho intramolecular Hbond substituents is 1. The van der Waals surface area contributed by atoms with Crippen LogP contribution in [0.15, 0.2) is 39.9 Å². The molecule has 25 heavy (non-hydrogen) atoms. The van der Waals surface area contributed by atoms with Crippen LogP contribution in [-0.2, 0) is 0 Å². The Bertz CT molecular complexity index is 808. The molecule has 0 fully saturated rings. The van der Waals surface area contributed by atoms with Crippen LogP contribution in [0.25, 0.3) is 0 Å². The molecule has 0 unspecified atom stereocenters. The van der Waals surface area contributed by atoms with Crippen molar-refractivity contribution in [2.75, 3.05) is 21.3 Å². The molecule has 0 heterocycles. The first-order valence-corrected chi connectivity index (χ1v) is 7.91. The van der Waals surface area contributed by atoms with Gasteiger partial charge in [0.05, 0.1) is 37.6 Å². The molecule has 0 radical (unpaired) electrons. The minimum Gasteiger partial charge on any atom is -0.507 e. The van der Waals surface area contributed by atoms with E-state index in [1.54, 1.807) is 25.3 Å². The van der Waals surface area contributed by atoms with Gasteiger partial charge in [-0.25, -0.2) is 5.43 Å². The van der Waals surface area contributed by atoms with E-state index < -0.39 is 5.91 Å². The van der Waals surface area contributed by atoms with Crippen LogP contribution in [0.1, 0.15) is 15.9 Å². The maximum Gasteiger partial charge on any atom is 0.275 e. The molecular weight excluding hydrogens is 392 g/mol. The van der Waals surface area contributed by atoms with Crippen molar-refractivity contribution in [2.24, 2.45) is 5.10 Å². The predicted molar refractivity (Wildman–Crippen MR) is 97.0 cm³/mol. The molecule has 0 spiro atoms. The minimum absolute atomic E-state index is 0.0841. The van der Waals surface area contributed by atoms with Gasteiger partial charge in [0.2, 0.25) is 0 Å². The van der Waals surface area contributed by atoms with Crippen LogP contribution in [0.3, 0.4) is 0 Å². The molecule has 7 nitrogen and oxygen atoms in total. The van der Waals surface area contributed by atoms with Crippen LogP contribution in [0, 0.1) is 0 Å². The summed E-state index contributed by atoms with van der Waals surface area (Å²) in [4.78, 5) is 12.1. The van der Waals surface area contributed by atoms with E-state index in [-0.39, 0.29) is 11.3 Å². The van der Waals surface area contributed by atoms with Gasteiger partial charge < -0.3 is 19.3 Å². The molecule has 2 aromatic carbocycles. The van der Waals surface area contributed by atoms with Gasteiger partial charge in [0, 0.05) is 17.7 Å². The third-order valence-corrected chi connectivity index (χ3v) is 3.94. The summed E-state index contributed by atoms with van der Waals surface area (Å²) in [7, 11) is 4.54. The zero-order valence-corrected chi connectivity index (χ0v) is 15.5. The lowest BCUT2D eigenvalue weighted by molar-refractivity contribution is 0.0952. The average molecular weight is 409 g/mol. The largest absolute Gasteiger partial charge is 0.507 e. The number of hydrogen-bond donors (Lipinski definition) is 2. The van der Waals surface area contributed by atoms with Gasteiger partial charge >= 0.3 is 0 Å². The SMILES string of the molecule is COc1ccc(C(=O)N/N=C\c2cc(Br)c(OC)cc2OC)c(O)c1. The van der Waals surface area contributed by atoms with Gasteiger partial charge in [0.1, 0.15) is 23.0 Å². The molecule has 0 atom stereocenters.